The smallest absolute Gasteiger partial charge is 0.244 e. The van der Waals surface area contributed by atoms with Gasteiger partial charge < -0.3 is 10.1 Å². The van der Waals surface area contributed by atoms with Crippen LogP contribution < -0.4 is 14.4 Å². The summed E-state index contributed by atoms with van der Waals surface area (Å²) in [6.45, 7) is 7.36. The molecule has 2 atom stereocenters. The van der Waals surface area contributed by atoms with Crippen LogP contribution in [0.3, 0.4) is 0 Å². The molecule has 1 amide bonds. The van der Waals surface area contributed by atoms with Gasteiger partial charge in [-0.15, -0.1) is 0 Å². The molecule has 0 spiro atoms. The number of nitrogens with zero attached hydrogens (tertiary/aromatic N) is 1. The predicted molar refractivity (Wildman–Crippen MR) is 115 cm³/mol. The topological polar surface area (TPSA) is 75.7 Å². The largest absolute Gasteiger partial charge is 0.487 e. The number of rotatable bonds is 5. The van der Waals surface area contributed by atoms with Gasteiger partial charge in [-0.25, -0.2) is 12.8 Å². The van der Waals surface area contributed by atoms with Gasteiger partial charge in [0.15, 0.2) is 0 Å². The molecule has 0 fully saturated rings. The van der Waals surface area contributed by atoms with Gasteiger partial charge in [0.25, 0.3) is 0 Å². The Balaban J connectivity index is 1.90. The summed E-state index contributed by atoms with van der Waals surface area (Å²) >= 11 is 0. The Morgan fingerprint density at radius 3 is 2.47 bits per heavy atom. The van der Waals surface area contributed by atoms with E-state index in [-0.39, 0.29) is 11.7 Å². The average molecular weight is 435 g/mol. The standard InChI is InChI=1S/C22H27FN2O4S/c1-14-6-11-20-18(12-14)19(13-22(3,4)29-20)24-21(26)15(2)25(30(5,27)28)17-9-7-16(23)8-10-17/h6-12,15,19H,13H2,1-5H3,(H,24,26)/t15-,19-/m0/s1. The van der Waals surface area contributed by atoms with Crippen molar-refractivity contribution in [1.29, 1.82) is 0 Å². The highest BCUT2D eigenvalue weighted by Gasteiger charge is 2.37. The minimum Gasteiger partial charge on any atom is -0.487 e. The van der Waals surface area contributed by atoms with E-state index in [1.165, 1.54) is 19.1 Å². The van der Waals surface area contributed by atoms with Gasteiger partial charge in [-0.1, -0.05) is 17.7 Å². The summed E-state index contributed by atoms with van der Waals surface area (Å²) < 4.78 is 45.2. The Hall–Kier alpha value is -2.61. The third-order valence-corrected chi connectivity index (χ3v) is 6.35. The van der Waals surface area contributed by atoms with E-state index in [2.05, 4.69) is 5.32 Å². The number of fused-ring (bicyclic) bond motifs is 1. The summed E-state index contributed by atoms with van der Waals surface area (Å²) in [7, 11) is -3.78. The maximum Gasteiger partial charge on any atom is 0.244 e. The highest BCUT2D eigenvalue weighted by Crippen LogP contribution is 2.40. The molecule has 0 aromatic heterocycles. The molecule has 2 aromatic rings. The van der Waals surface area contributed by atoms with Crippen LogP contribution in [-0.4, -0.2) is 32.2 Å². The first-order valence-electron chi connectivity index (χ1n) is 9.72. The fourth-order valence-corrected chi connectivity index (χ4v) is 4.97. The van der Waals surface area contributed by atoms with E-state index < -0.39 is 33.4 Å². The zero-order valence-electron chi connectivity index (χ0n) is 17.8. The van der Waals surface area contributed by atoms with Crippen molar-refractivity contribution in [2.75, 3.05) is 10.6 Å². The van der Waals surface area contributed by atoms with E-state index in [1.807, 2.05) is 39.0 Å². The monoisotopic (exact) mass is 434 g/mol. The normalized spacial score (nSPS) is 18.7. The van der Waals surface area contributed by atoms with Gasteiger partial charge in [0, 0.05) is 12.0 Å². The van der Waals surface area contributed by atoms with Gasteiger partial charge in [-0.05, 0) is 58.0 Å². The molecule has 1 aliphatic rings. The van der Waals surface area contributed by atoms with Crippen molar-refractivity contribution < 1.29 is 22.3 Å². The second-order valence-electron chi connectivity index (χ2n) is 8.38. The van der Waals surface area contributed by atoms with Gasteiger partial charge in [0.1, 0.15) is 23.2 Å². The molecule has 0 saturated heterocycles. The first-order valence-corrected chi connectivity index (χ1v) is 11.6. The number of anilines is 1. The highest BCUT2D eigenvalue weighted by atomic mass is 32.2. The van der Waals surface area contributed by atoms with E-state index in [9.17, 15) is 17.6 Å². The molecule has 1 aliphatic heterocycles. The highest BCUT2D eigenvalue weighted by molar-refractivity contribution is 7.92. The molecule has 2 aromatic carbocycles. The molecule has 0 bridgehead atoms. The molecule has 0 unspecified atom stereocenters. The molecule has 1 heterocycles. The minimum absolute atomic E-state index is 0.227. The summed E-state index contributed by atoms with van der Waals surface area (Å²) in [5.74, 6) is -0.228. The Labute approximate surface area is 177 Å². The quantitative estimate of drug-likeness (QED) is 0.779. The molecular formula is C22H27FN2O4S. The van der Waals surface area contributed by atoms with E-state index >= 15 is 0 Å². The van der Waals surface area contributed by atoms with Crippen LogP contribution in [0.5, 0.6) is 5.75 Å². The number of aryl methyl sites for hydroxylation is 1. The van der Waals surface area contributed by atoms with Crippen LogP contribution in [-0.2, 0) is 14.8 Å². The number of hydrogen-bond donors (Lipinski definition) is 1. The summed E-state index contributed by atoms with van der Waals surface area (Å²) in [4.78, 5) is 13.1. The van der Waals surface area contributed by atoms with Crippen LogP contribution in [0.1, 0.15) is 44.4 Å². The summed E-state index contributed by atoms with van der Waals surface area (Å²) in [6.07, 6.45) is 1.56. The van der Waals surface area contributed by atoms with E-state index in [1.54, 1.807) is 0 Å². The second kappa shape index (κ2) is 7.91. The predicted octanol–water partition coefficient (Wildman–Crippen LogP) is 3.71. The molecule has 0 aliphatic carbocycles. The number of amides is 1. The van der Waals surface area contributed by atoms with Crippen LogP contribution >= 0.6 is 0 Å². The van der Waals surface area contributed by atoms with Crippen molar-refractivity contribution in [3.63, 3.8) is 0 Å². The van der Waals surface area contributed by atoms with Crippen molar-refractivity contribution in [3.05, 3.63) is 59.4 Å². The minimum atomic E-state index is -3.78. The van der Waals surface area contributed by atoms with Crippen LogP contribution in [0.15, 0.2) is 42.5 Å². The van der Waals surface area contributed by atoms with Crippen LogP contribution in [0.4, 0.5) is 10.1 Å². The first kappa shape index (κ1) is 22.1. The van der Waals surface area contributed by atoms with Crippen LogP contribution in [0, 0.1) is 12.7 Å². The number of halogens is 1. The fourth-order valence-electron chi connectivity index (χ4n) is 3.79. The number of hydrogen-bond acceptors (Lipinski definition) is 4. The summed E-state index contributed by atoms with van der Waals surface area (Å²) in [5.41, 5.74) is 1.64. The molecule has 1 N–H and O–H groups in total. The molecular weight excluding hydrogens is 407 g/mol. The number of carbonyl (C=O) groups excluding carboxylic acids is 1. The van der Waals surface area contributed by atoms with Gasteiger partial charge in [0.05, 0.1) is 18.0 Å². The lowest BCUT2D eigenvalue weighted by molar-refractivity contribution is -0.123. The first-order chi connectivity index (χ1) is 13.9. The lowest BCUT2D eigenvalue weighted by Gasteiger charge is -2.39. The van der Waals surface area contributed by atoms with E-state index in [0.29, 0.717) is 12.2 Å². The molecule has 0 radical (unpaired) electrons. The van der Waals surface area contributed by atoms with E-state index in [0.717, 1.165) is 33.8 Å². The van der Waals surface area contributed by atoms with Crippen molar-refractivity contribution in [1.82, 2.24) is 5.32 Å². The average Bonchev–Trinajstić information content (AvgIpc) is 2.62. The zero-order chi connectivity index (χ0) is 22.3. The van der Waals surface area contributed by atoms with Crippen LogP contribution in [0.25, 0.3) is 0 Å². The second-order valence-corrected chi connectivity index (χ2v) is 10.2. The van der Waals surface area contributed by atoms with Crippen molar-refractivity contribution >= 4 is 21.6 Å². The van der Waals surface area contributed by atoms with Gasteiger partial charge in [0.2, 0.25) is 15.9 Å². The number of benzene rings is 2. The third-order valence-electron chi connectivity index (χ3n) is 5.11. The molecule has 8 heteroatoms. The molecule has 0 saturated carbocycles. The van der Waals surface area contributed by atoms with Gasteiger partial charge in [-0.3, -0.25) is 9.10 Å². The summed E-state index contributed by atoms with van der Waals surface area (Å²) in [5, 5.41) is 2.99. The Bertz CT molecular complexity index is 1050. The lowest BCUT2D eigenvalue weighted by Crippen LogP contribution is -2.50. The van der Waals surface area contributed by atoms with Gasteiger partial charge in [-0.2, -0.15) is 0 Å². The number of ether oxygens (including phenoxy) is 1. The van der Waals surface area contributed by atoms with Gasteiger partial charge >= 0.3 is 0 Å². The Morgan fingerprint density at radius 2 is 1.87 bits per heavy atom. The summed E-state index contributed by atoms with van der Waals surface area (Å²) in [6, 6.07) is 9.47. The maximum absolute atomic E-state index is 13.3. The molecule has 6 nitrogen and oxygen atoms in total. The maximum atomic E-state index is 13.3. The molecule has 30 heavy (non-hydrogen) atoms. The number of carbonyl (C=O) groups is 1. The van der Waals surface area contributed by atoms with Crippen molar-refractivity contribution in [2.45, 2.75) is 51.8 Å². The number of nitrogens with one attached hydrogen (secondary N) is 1. The SMILES string of the molecule is Cc1ccc2c(c1)[C@@H](NC(=O)[C@H](C)N(c1ccc(F)cc1)S(C)(=O)=O)CC(C)(C)O2. The van der Waals surface area contributed by atoms with E-state index in [4.69, 9.17) is 4.74 Å². The molecule has 3 rings (SSSR count). The Kier molecular flexibility index (Phi) is 5.82. The number of sulfonamides is 1. The zero-order valence-corrected chi connectivity index (χ0v) is 18.6. The van der Waals surface area contributed by atoms with Crippen molar-refractivity contribution in [3.8, 4) is 5.75 Å². The Morgan fingerprint density at radius 1 is 1.23 bits per heavy atom. The molecule has 162 valence electrons. The lowest BCUT2D eigenvalue weighted by atomic mass is 9.89. The fraction of sp³-hybridized carbons (Fsp3) is 0.409. The van der Waals surface area contributed by atoms with Crippen molar-refractivity contribution in [2.24, 2.45) is 0 Å². The third kappa shape index (κ3) is 4.75. The van der Waals surface area contributed by atoms with Crippen LogP contribution in [0.2, 0.25) is 0 Å².